The van der Waals surface area contributed by atoms with Crippen LogP contribution in [0.2, 0.25) is 0 Å². The minimum absolute atomic E-state index is 0. The number of para-hydroxylation sites is 1. The van der Waals surface area contributed by atoms with Gasteiger partial charge < -0.3 is 9.30 Å². The van der Waals surface area contributed by atoms with Gasteiger partial charge in [0, 0.05) is 43.9 Å². The Morgan fingerprint density at radius 3 is 2.78 bits per heavy atom. The molecule has 0 fully saturated rings. The number of ether oxygens (including phenoxy) is 1. The van der Waals surface area contributed by atoms with Gasteiger partial charge in [-0.15, -0.1) is 23.8 Å². The van der Waals surface area contributed by atoms with Gasteiger partial charge in [0.25, 0.3) is 0 Å². The summed E-state index contributed by atoms with van der Waals surface area (Å²) in [5, 5.41) is 0. The molecule has 0 amide bonds. The average molecular weight is 482 g/mol. The molecule has 0 aliphatic carbocycles. The Balaban J connectivity index is 0.00000156. The number of rotatable bonds is 2. The van der Waals surface area contributed by atoms with E-state index in [1.807, 2.05) is 18.5 Å². The molecule has 3 nitrogen and oxygen atoms in total. The van der Waals surface area contributed by atoms with E-state index in [1.165, 1.54) is 22.4 Å². The first-order valence-corrected chi connectivity index (χ1v) is 7.52. The van der Waals surface area contributed by atoms with Crippen LogP contribution in [0, 0.1) is 19.9 Å². The number of fused-ring (bicyclic) bond motifs is 1. The Morgan fingerprint density at radius 1 is 1.22 bits per heavy atom. The van der Waals surface area contributed by atoms with Gasteiger partial charge in [0.05, 0.1) is 12.4 Å². The van der Waals surface area contributed by atoms with E-state index in [-0.39, 0.29) is 20.1 Å². The normalized spacial score (nSPS) is 12.4. The van der Waals surface area contributed by atoms with Crippen molar-refractivity contribution in [1.82, 2.24) is 9.55 Å². The average Bonchev–Trinajstić information content (AvgIpc) is 3.15. The van der Waals surface area contributed by atoms with Crippen molar-refractivity contribution in [1.29, 1.82) is 0 Å². The van der Waals surface area contributed by atoms with E-state index in [0.717, 1.165) is 30.2 Å². The van der Waals surface area contributed by atoms with Crippen molar-refractivity contribution >= 4 is 0 Å². The Kier molecular flexibility index (Phi) is 4.38. The third kappa shape index (κ3) is 2.73. The zero-order valence-electron chi connectivity index (χ0n) is 13.1. The van der Waals surface area contributed by atoms with Crippen LogP contribution >= 0.6 is 0 Å². The van der Waals surface area contributed by atoms with Crippen molar-refractivity contribution in [2.24, 2.45) is 0 Å². The van der Waals surface area contributed by atoms with Gasteiger partial charge in [-0.05, 0) is 31.4 Å². The first kappa shape index (κ1) is 16.0. The number of aryl methyl sites for hydroxylation is 2. The maximum Gasteiger partial charge on any atom is 0.0781 e. The fraction of sp³-hybridized carbons (Fsp3) is 0.211. The molecule has 2 heterocycles. The van der Waals surface area contributed by atoms with E-state index < -0.39 is 0 Å². The molecule has 1 aromatic heterocycles. The summed E-state index contributed by atoms with van der Waals surface area (Å²) in [7, 11) is 0. The van der Waals surface area contributed by atoms with Gasteiger partial charge in [-0.25, -0.2) is 0 Å². The van der Waals surface area contributed by atoms with E-state index in [1.54, 1.807) is 0 Å². The molecule has 0 N–H and O–H groups in total. The predicted octanol–water partition coefficient (Wildman–Crippen LogP) is 3.89. The molecular weight excluding hydrogens is 464 g/mol. The second-order valence-corrected chi connectivity index (χ2v) is 5.70. The maximum absolute atomic E-state index is 5.57. The zero-order chi connectivity index (χ0) is 15.1. The molecule has 4 rings (SSSR count). The second-order valence-electron chi connectivity index (χ2n) is 5.70. The molecule has 1 aliphatic rings. The summed E-state index contributed by atoms with van der Waals surface area (Å²) in [5.74, 6) is 1.88. The number of aromatic nitrogens is 2. The largest absolute Gasteiger partial charge is 0.536 e. The van der Waals surface area contributed by atoms with Crippen molar-refractivity contribution < 1.29 is 24.8 Å². The first-order chi connectivity index (χ1) is 10.7. The van der Waals surface area contributed by atoms with Crippen LogP contribution < -0.4 is 4.74 Å². The standard InChI is InChI=1S/C19H17N2O.Ir/c1-13-4-3-5-14(2)18(13)21-10-9-20-19(21)16-6-7-17-15(12-16)8-11-22-17;/h3-5,7,9-10,12H,8,11H2,1-2H3;/q-1;. The predicted molar refractivity (Wildman–Crippen MR) is 86.5 cm³/mol. The van der Waals surface area contributed by atoms with Crippen molar-refractivity contribution in [3.63, 3.8) is 0 Å². The number of hydrogen-bond acceptors (Lipinski definition) is 2. The Morgan fingerprint density at radius 2 is 2.00 bits per heavy atom. The Hall–Kier alpha value is -1.90. The summed E-state index contributed by atoms with van der Waals surface area (Å²) in [6.45, 7) is 5.02. The number of benzene rings is 2. The third-order valence-electron chi connectivity index (χ3n) is 4.18. The topological polar surface area (TPSA) is 27.1 Å². The molecule has 1 aliphatic heterocycles. The third-order valence-corrected chi connectivity index (χ3v) is 4.18. The summed E-state index contributed by atoms with van der Waals surface area (Å²) in [4.78, 5) is 4.56. The van der Waals surface area contributed by atoms with E-state index in [0.29, 0.717) is 0 Å². The molecule has 0 bridgehead atoms. The first-order valence-electron chi connectivity index (χ1n) is 7.52. The summed E-state index contributed by atoms with van der Waals surface area (Å²) in [6, 6.07) is 13.7. The number of nitrogens with zero attached hydrogens (tertiary/aromatic N) is 2. The summed E-state index contributed by atoms with van der Waals surface area (Å²) < 4.78 is 7.72. The molecule has 0 saturated heterocycles. The molecule has 1 radical (unpaired) electrons. The van der Waals surface area contributed by atoms with Crippen LogP contribution in [-0.2, 0) is 26.5 Å². The molecule has 2 aromatic carbocycles. The van der Waals surface area contributed by atoms with Crippen LogP contribution in [0.5, 0.6) is 5.75 Å². The van der Waals surface area contributed by atoms with Crippen molar-refractivity contribution in [2.75, 3.05) is 6.61 Å². The SMILES string of the molecule is Cc1cccc(C)c1-n1ccnc1-c1[c-]cc2c(c1)CCO2.[Ir]. The van der Waals surface area contributed by atoms with Gasteiger partial charge in [-0.1, -0.05) is 23.8 Å². The van der Waals surface area contributed by atoms with Gasteiger partial charge in [-0.3, -0.25) is 4.98 Å². The maximum atomic E-state index is 5.57. The fourth-order valence-electron chi connectivity index (χ4n) is 3.12. The Bertz CT molecular complexity index is 834. The summed E-state index contributed by atoms with van der Waals surface area (Å²) in [6.07, 6.45) is 4.82. The van der Waals surface area contributed by atoms with Crippen molar-refractivity contribution in [3.05, 3.63) is 65.5 Å². The van der Waals surface area contributed by atoms with Crippen LogP contribution in [-0.4, -0.2) is 16.2 Å². The van der Waals surface area contributed by atoms with E-state index >= 15 is 0 Å². The van der Waals surface area contributed by atoms with Crippen molar-refractivity contribution in [3.8, 4) is 22.8 Å². The zero-order valence-corrected chi connectivity index (χ0v) is 15.5. The quantitative estimate of drug-likeness (QED) is 0.520. The van der Waals surface area contributed by atoms with Gasteiger partial charge in [0.1, 0.15) is 0 Å². The van der Waals surface area contributed by atoms with Gasteiger partial charge in [0.2, 0.25) is 0 Å². The minimum Gasteiger partial charge on any atom is -0.536 e. The fourth-order valence-corrected chi connectivity index (χ4v) is 3.12. The van der Waals surface area contributed by atoms with E-state index in [2.05, 4.69) is 53.7 Å². The van der Waals surface area contributed by atoms with Gasteiger partial charge in [-0.2, -0.15) is 0 Å². The van der Waals surface area contributed by atoms with Gasteiger partial charge >= 0.3 is 0 Å². The minimum atomic E-state index is 0. The monoisotopic (exact) mass is 482 g/mol. The molecule has 4 heteroatoms. The molecular formula is C19H17IrN2O-. The molecule has 3 aromatic rings. The number of hydrogen-bond donors (Lipinski definition) is 0. The molecule has 0 atom stereocenters. The van der Waals surface area contributed by atoms with Crippen LogP contribution in [0.3, 0.4) is 0 Å². The molecule has 119 valence electrons. The van der Waals surface area contributed by atoms with E-state index in [9.17, 15) is 0 Å². The molecule has 0 unspecified atom stereocenters. The molecule has 0 saturated carbocycles. The number of imidazole rings is 1. The Labute approximate surface area is 149 Å². The van der Waals surface area contributed by atoms with Crippen molar-refractivity contribution in [2.45, 2.75) is 20.3 Å². The van der Waals surface area contributed by atoms with Crippen LogP contribution in [0.1, 0.15) is 16.7 Å². The molecule has 0 spiro atoms. The van der Waals surface area contributed by atoms with Crippen LogP contribution in [0.15, 0.2) is 42.7 Å². The summed E-state index contributed by atoms with van der Waals surface area (Å²) in [5.41, 5.74) is 5.93. The summed E-state index contributed by atoms with van der Waals surface area (Å²) >= 11 is 0. The van der Waals surface area contributed by atoms with E-state index in [4.69, 9.17) is 4.74 Å². The smallest absolute Gasteiger partial charge is 0.0781 e. The van der Waals surface area contributed by atoms with Crippen LogP contribution in [0.25, 0.3) is 17.1 Å². The van der Waals surface area contributed by atoms with Crippen LogP contribution in [0.4, 0.5) is 0 Å². The van der Waals surface area contributed by atoms with Gasteiger partial charge in [0.15, 0.2) is 0 Å². The molecule has 23 heavy (non-hydrogen) atoms. The second kappa shape index (κ2) is 6.31.